The Morgan fingerprint density at radius 2 is 2.00 bits per heavy atom. The van der Waals surface area contributed by atoms with E-state index in [1.807, 2.05) is 69.4 Å². The summed E-state index contributed by atoms with van der Waals surface area (Å²) in [5.41, 5.74) is 3.37. The SMILES string of the molecule is C=C/C(=C\C=C/C)NC(=O)c1cccc(C)c1/C=C\C. The molecule has 0 unspecified atom stereocenters. The maximum Gasteiger partial charge on any atom is 0.256 e. The van der Waals surface area contributed by atoms with Gasteiger partial charge in [-0.3, -0.25) is 4.79 Å². The first-order valence-corrected chi connectivity index (χ1v) is 6.63. The Hall–Kier alpha value is -2.35. The van der Waals surface area contributed by atoms with Crippen LogP contribution in [0.15, 0.2) is 60.9 Å². The van der Waals surface area contributed by atoms with Gasteiger partial charge in [-0.15, -0.1) is 0 Å². The van der Waals surface area contributed by atoms with Crippen molar-refractivity contribution in [1.82, 2.24) is 5.32 Å². The molecule has 1 aromatic rings. The van der Waals surface area contributed by atoms with Gasteiger partial charge in [0, 0.05) is 11.3 Å². The first-order chi connectivity index (χ1) is 9.63. The molecule has 0 radical (unpaired) electrons. The highest BCUT2D eigenvalue weighted by atomic mass is 16.1. The van der Waals surface area contributed by atoms with E-state index in [2.05, 4.69) is 11.9 Å². The van der Waals surface area contributed by atoms with E-state index in [1.54, 1.807) is 6.08 Å². The van der Waals surface area contributed by atoms with Gasteiger partial charge in [0.05, 0.1) is 0 Å². The van der Waals surface area contributed by atoms with Crippen LogP contribution in [0.25, 0.3) is 6.08 Å². The van der Waals surface area contributed by atoms with Crippen LogP contribution in [-0.2, 0) is 0 Å². The first-order valence-electron chi connectivity index (χ1n) is 6.63. The van der Waals surface area contributed by atoms with Crippen molar-refractivity contribution in [1.29, 1.82) is 0 Å². The average molecular weight is 267 g/mol. The van der Waals surface area contributed by atoms with Crippen molar-refractivity contribution in [3.05, 3.63) is 77.5 Å². The summed E-state index contributed by atoms with van der Waals surface area (Å²) in [4.78, 5) is 12.4. The summed E-state index contributed by atoms with van der Waals surface area (Å²) in [6.07, 6.45) is 11.1. The number of benzene rings is 1. The van der Waals surface area contributed by atoms with Crippen molar-refractivity contribution >= 4 is 12.0 Å². The first kappa shape index (κ1) is 15.7. The van der Waals surface area contributed by atoms with Crippen molar-refractivity contribution in [2.24, 2.45) is 0 Å². The number of aryl methyl sites for hydroxylation is 1. The lowest BCUT2D eigenvalue weighted by Crippen LogP contribution is -2.22. The molecule has 1 rings (SSSR count). The van der Waals surface area contributed by atoms with Gasteiger partial charge in [-0.25, -0.2) is 0 Å². The van der Waals surface area contributed by atoms with Gasteiger partial charge in [-0.05, 0) is 50.1 Å². The van der Waals surface area contributed by atoms with Crippen LogP contribution in [0.5, 0.6) is 0 Å². The number of carbonyl (C=O) groups is 1. The van der Waals surface area contributed by atoms with Crippen LogP contribution in [0.1, 0.15) is 35.3 Å². The molecule has 0 aliphatic heterocycles. The van der Waals surface area contributed by atoms with E-state index >= 15 is 0 Å². The third-order valence-electron chi connectivity index (χ3n) is 2.85. The van der Waals surface area contributed by atoms with Crippen molar-refractivity contribution in [3.8, 4) is 0 Å². The normalized spacial score (nSPS) is 12.1. The lowest BCUT2D eigenvalue weighted by molar-refractivity contribution is 0.0967. The molecule has 0 aliphatic rings. The number of carbonyl (C=O) groups excluding carboxylic acids is 1. The summed E-state index contributed by atoms with van der Waals surface area (Å²) >= 11 is 0. The number of amides is 1. The van der Waals surface area contributed by atoms with Gasteiger partial charge in [0.25, 0.3) is 5.91 Å². The third kappa shape index (κ3) is 4.09. The second-order valence-electron chi connectivity index (χ2n) is 4.34. The van der Waals surface area contributed by atoms with E-state index in [9.17, 15) is 4.79 Å². The zero-order valence-corrected chi connectivity index (χ0v) is 12.3. The summed E-state index contributed by atoms with van der Waals surface area (Å²) in [6, 6.07) is 5.71. The number of allylic oxidation sites excluding steroid dienone is 5. The molecule has 104 valence electrons. The summed E-state index contributed by atoms with van der Waals surface area (Å²) in [6.45, 7) is 9.56. The van der Waals surface area contributed by atoms with Crippen molar-refractivity contribution in [3.63, 3.8) is 0 Å². The zero-order chi connectivity index (χ0) is 15.0. The second kappa shape index (κ2) is 7.95. The number of nitrogens with one attached hydrogen (secondary N) is 1. The standard InChI is InChI=1S/C18H21NO/c1-5-8-12-15(7-3)19-18(20)17-13-9-11-14(4)16(17)10-6-2/h5-13H,3H2,1-2,4H3,(H,19,20)/b8-5-,10-6-,15-12+. The highest BCUT2D eigenvalue weighted by molar-refractivity contribution is 5.99. The van der Waals surface area contributed by atoms with Crippen LogP contribution in [0.3, 0.4) is 0 Å². The fourth-order valence-corrected chi connectivity index (χ4v) is 1.83. The van der Waals surface area contributed by atoms with Crippen LogP contribution in [0, 0.1) is 6.92 Å². The molecule has 0 saturated heterocycles. The number of hydrogen-bond donors (Lipinski definition) is 1. The quantitative estimate of drug-likeness (QED) is 0.787. The Morgan fingerprint density at radius 3 is 2.60 bits per heavy atom. The molecule has 2 heteroatoms. The van der Waals surface area contributed by atoms with Crippen molar-refractivity contribution in [2.75, 3.05) is 0 Å². The highest BCUT2D eigenvalue weighted by Gasteiger charge is 2.11. The fraction of sp³-hybridized carbons (Fsp3) is 0.167. The molecule has 0 spiro atoms. The number of hydrogen-bond acceptors (Lipinski definition) is 1. The predicted octanol–water partition coefficient (Wildman–Crippen LogP) is 4.40. The maximum absolute atomic E-state index is 12.4. The minimum atomic E-state index is -0.127. The van der Waals surface area contributed by atoms with Gasteiger partial charge < -0.3 is 5.32 Å². The third-order valence-corrected chi connectivity index (χ3v) is 2.85. The van der Waals surface area contributed by atoms with E-state index in [4.69, 9.17) is 0 Å². The average Bonchev–Trinajstić information content (AvgIpc) is 2.45. The fourth-order valence-electron chi connectivity index (χ4n) is 1.83. The molecule has 0 atom stereocenters. The predicted molar refractivity (Wildman–Crippen MR) is 86.4 cm³/mol. The molecule has 20 heavy (non-hydrogen) atoms. The summed E-state index contributed by atoms with van der Waals surface area (Å²) in [7, 11) is 0. The van der Waals surface area contributed by atoms with Gasteiger partial charge in [-0.1, -0.05) is 43.0 Å². The molecule has 0 aromatic heterocycles. The summed E-state index contributed by atoms with van der Waals surface area (Å²) in [5.74, 6) is -0.127. The zero-order valence-electron chi connectivity index (χ0n) is 12.3. The Balaban J connectivity index is 3.09. The monoisotopic (exact) mass is 267 g/mol. The molecular formula is C18H21NO. The highest BCUT2D eigenvalue weighted by Crippen LogP contribution is 2.16. The molecule has 1 aromatic carbocycles. The smallest absolute Gasteiger partial charge is 0.256 e. The minimum absolute atomic E-state index is 0.127. The van der Waals surface area contributed by atoms with Crippen molar-refractivity contribution < 1.29 is 4.79 Å². The van der Waals surface area contributed by atoms with Crippen LogP contribution < -0.4 is 5.32 Å². The van der Waals surface area contributed by atoms with E-state index in [0.717, 1.165) is 11.1 Å². The topological polar surface area (TPSA) is 29.1 Å². The van der Waals surface area contributed by atoms with Crippen LogP contribution >= 0.6 is 0 Å². The summed E-state index contributed by atoms with van der Waals surface area (Å²) in [5, 5.41) is 2.86. The molecule has 0 bridgehead atoms. The Kier molecular flexibility index (Phi) is 6.24. The Labute approximate surface area is 121 Å². The van der Waals surface area contributed by atoms with E-state index in [-0.39, 0.29) is 5.91 Å². The largest absolute Gasteiger partial charge is 0.322 e. The van der Waals surface area contributed by atoms with Crippen LogP contribution in [0.2, 0.25) is 0 Å². The van der Waals surface area contributed by atoms with Gasteiger partial charge in [-0.2, -0.15) is 0 Å². The molecule has 0 fully saturated rings. The van der Waals surface area contributed by atoms with E-state index in [0.29, 0.717) is 11.3 Å². The van der Waals surface area contributed by atoms with Crippen molar-refractivity contribution in [2.45, 2.75) is 20.8 Å². The molecule has 2 nitrogen and oxygen atoms in total. The van der Waals surface area contributed by atoms with Crippen LogP contribution in [0.4, 0.5) is 0 Å². The molecule has 0 heterocycles. The molecular weight excluding hydrogens is 246 g/mol. The second-order valence-corrected chi connectivity index (χ2v) is 4.34. The Bertz CT molecular complexity index is 577. The molecule has 0 aliphatic carbocycles. The molecule has 1 N–H and O–H groups in total. The molecule has 1 amide bonds. The van der Waals surface area contributed by atoms with Crippen LogP contribution in [-0.4, -0.2) is 5.91 Å². The Morgan fingerprint density at radius 1 is 1.25 bits per heavy atom. The minimum Gasteiger partial charge on any atom is -0.322 e. The lowest BCUT2D eigenvalue weighted by Gasteiger charge is -2.10. The van der Waals surface area contributed by atoms with Gasteiger partial charge >= 0.3 is 0 Å². The van der Waals surface area contributed by atoms with E-state index in [1.165, 1.54) is 0 Å². The van der Waals surface area contributed by atoms with Gasteiger partial charge in [0.15, 0.2) is 0 Å². The maximum atomic E-state index is 12.4. The molecule has 0 saturated carbocycles. The van der Waals surface area contributed by atoms with Gasteiger partial charge in [0.2, 0.25) is 0 Å². The number of rotatable bonds is 5. The lowest BCUT2D eigenvalue weighted by atomic mass is 10.0. The summed E-state index contributed by atoms with van der Waals surface area (Å²) < 4.78 is 0. The van der Waals surface area contributed by atoms with E-state index < -0.39 is 0 Å². The van der Waals surface area contributed by atoms with Gasteiger partial charge in [0.1, 0.15) is 0 Å².